The second-order valence-corrected chi connectivity index (χ2v) is 5.33. The van der Waals surface area contributed by atoms with Crippen molar-refractivity contribution in [3.05, 3.63) is 64.4 Å². The molecule has 0 spiro atoms. The largest absolute Gasteiger partial charge is 0.324 e. The molecule has 3 amide bonds. The molecule has 0 aliphatic carbocycles. The Bertz CT molecular complexity index is 803. The van der Waals surface area contributed by atoms with Gasteiger partial charge >= 0.3 is 0 Å². The quantitative estimate of drug-likeness (QED) is 0.879. The highest BCUT2D eigenvalue weighted by atomic mass is 35.5. The summed E-state index contributed by atoms with van der Waals surface area (Å²) in [6.07, 6.45) is 0. The van der Waals surface area contributed by atoms with Crippen LogP contribution in [0.1, 0.15) is 20.7 Å². The lowest BCUT2D eigenvalue weighted by molar-refractivity contribution is -0.116. The SMILES string of the molecule is O=C(CN1C(=O)c2ccccc2C1=O)Nc1ccc(F)c(Cl)c1. The lowest BCUT2D eigenvalue weighted by Gasteiger charge is -2.13. The summed E-state index contributed by atoms with van der Waals surface area (Å²) in [5.41, 5.74) is 0.822. The van der Waals surface area contributed by atoms with Crippen molar-refractivity contribution < 1.29 is 18.8 Å². The van der Waals surface area contributed by atoms with Crippen LogP contribution in [-0.2, 0) is 4.79 Å². The van der Waals surface area contributed by atoms with Gasteiger partial charge in [0.25, 0.3) is 11.8 Å². The third kappa shape index (κ3) is 2.80. The molecule has 2 aromatic rings. The standard InChI is InChI=1S/C16H10ClFN2O3/c17-12-7-9(5-6-13(12)18)19-14(21)8-20-15(22)10-3-1-2-4-11(10)16(20)23/h1-7H,8H2,(H,19,21). The molecule has 3 rings (SSSR count). The summed E-state index contributed by atoms with van der Waals surface area (Å²) in [5, 5.41) is 2.33. The molecule has 0 atom stereocenters. The molecule has 0 saturated carbocycles. The van der Waals surface area contributed by atoms with E-state index in [0.717, 1.165) is 11.0 Å². The molecule has 2 aromatic carbocycles. The van der Waals surface area contributed by atoms with Gasteiger partial charge in [0.05, 0.1) is 16.1 Å². The first kappa shape index (κ1) is 15.2. The number of hydrogen-bond acceptors (Lipinski definition) is 3. The summed E-state index contributed by atoms with van der Waals surface area (Å²) >= 11 is 5.63. The van der Waals surface area contributed by atoms with Crippen LogP contribution in [0.15, 0.2) is 42.5 Å². The van der Waals surface area contributed by atoms with Gasteiger partial charge in [-0.15, -0.1) is 0 Å². The van der Waals surface area contributed by atoms with E-state index in [4.69, 9.17) is 11.6 Å². The van der Waals surface area contributed by atoms with E-state index >= 15 is 0 Å². The van der Waals surface area contributed by atoms with E-state index in [-0.39, 0.29) is 21.8 Å². The van der Waals surface area contributed by atoms with Crippen LogP contribution >= 0.6 is 11.6 Å². The third-order valence-electron chi connectivity index (χ3n) is 3.38. The molecule has 1 aliphatic heterocycles. The molecule has 1 heterocycles. The van der Waals surface area contributed by atoms with Crippen LogP contribution in [0.4, 0.5) is 10.1 Å². The average molecular weight is 333 g/mol. The predicted molar refractivity (Wildman–Crippen MR) is 81.8 cm³/mol. The van der Waals surface area contributed by atoms with E-state index < -0.39 is 30.1 Å². The normalized spacial score (nSPS) is 13.2. The monoisotopic (exact) mass is 332 g/mol. The van der Waals surface area contributed by atoms with E-state index in [1.807, 2.05) is 0 Å². The van der Waals surface area contributed by atoms with Crippen molar-refractivity contribution in [1.82, 2.24) is 4.90 Å². The molecule has 0 fully saturated rings. The van der Waals surface area contributed by atoms with Gasteiger partial charge in [0.2, 0.25) is 5.91 Å². The zero-order valence-corrected chi connectivity index (χ0v) is 12.4. The predicted octanol–water partition coefficient (Wildman–Crippen LogP) is 2.71. The molecular formula is C16H10ClFN2O3. The highest BCUT2D eigenvalue weighted by molar-refractivity contribution is 6.31. The topological polar surface area (TPSA) is 66.5 Å². The summed E-state index contributed by atoms with van der Waals surface area (Å²) < 4.78 is 13.1. The van der Waals surface area contributed by atoms with E-state index in [1.165, 1.54) is 24.3 Å². The van der Waals surface area contributed by atoms with Crippen molar-refractivity contribution in [2.45, 2.75) is 0 Å². The van der Waals surface area contributed by atoms with Gasteiger partial charge in [-0.1, -0.05) is 23.7 Å². The Kier molecular flexibility index (Phi) is 3.83. The first-order valence-electron chi connectivity index (χ1n) is 6.67. The van der Waals surface area contributed by atoms with Crippen LogP contribution in [0.2, 0.25) is 5.02 Å². The Hall–Kier alpha value is -2.73. The maximum absolute atomic E-state index is 13.1. The smallest absolute Gasteiger partial charge is 0.262 e. The first-order chi connectivity index (χ1) is 11.0. The van der Waals surface area contributed by atoms with Gasteiger partial charge in [0, 0.05) is 5.69 Å². The van der Waals surface area contributed by atoms with Gasteiger partial charge < -0.3 is 5.32 Å². The third-order valence-corrected chi connectivity index (χ3v) is 3.67. The number of fused-ring (bicyclic) bond motifs is 1. The maximum Gasteiger partial charge on any atom is 0.262 e. The molecule has 0 aromatic heterocycles. The molecule has 1 N–H and O–H groups in total. The summed E-state index contributed by atoms with van der Waals surface area (Å²) in [4.78, 5) is 37.2. The second kappa shape index (κ2) is 5.81. The molecule has 116 valence electrons. The van der Waals surface area contributed by atoms with E-state index in [2.05, 4.69) is 5.32 Å². The van der Waals surface area contributed by atoms with Crippen molar-refractivity contribution in [3.8, 4) is 0 Å². The number of nitrogens with one attached hydrogen (secondary N) is 1. The van der Waals surface area contributed by atoms with Crippen molar-refractivity contribution in [2.75, 3.05) is 11.9 Å². The van der Waals surface area contributed by atoms with Crippen molar-refractivity contribution in [2.24, 2.45) is 0 Å². The number of carbonyl (C=O) groups excluding carboxylic acids is 3. The average Bonchev–Trinajstić information content (AvgIpc) is 2.76. The number of nitrogens with zero attached hydrogens (tertiary/aromatic N) is 1. The first-order valence-corrected chi connectivity index (χ1v) is 7.05. The highest BCUT2D eigenvalue weighted by Gasteiger charge is 2.36. The van der Waals surface area contributed by atoms with Crippen LogP contribution in [0.5, 0.6) is 0 Å². The maximum atomic E-state index is 13.1. The van der Waals surface area contributed by atoms with Crippen LogP contribution < -0.4 is 5.32 Å². The van der Waals surface area contributed by atoms with Gasteiger partial charge in [-0.05, 0) is 30.3 Å². The molecule has 1 aliphatic rings. The van der Waals surface area contributed by atoms with E-state index in [0.29, 0.717) is 0 Å². The number of anilines is 1. The van der Waals surface area contributed by atoms with Gasteiger partial charge in [-0.3, -0.25) is 19.3 Å². The van der Waals surface area contributed by atoms with Gasteiger partial charge in [0.1, 0.15) is 12.4 Å². The Balaban J connectivity index is 1.73. The molecular weight excluding hydrogens is 323 g/mol. The zero-order chi connectivity index (χ0) is 16.6. The Morgan fingerprint density at radius 3 is 2.26 bits per heavy atom. The van der Waals surface area contributed by atoms with Crippen LogP contribution in [-0.4, -0.2) is 29.2 Å². The highest BCUT2D eigenvalue weighted by Crippen LogP contribution is 2.23. The van der Waals surface area contributed by atoms with Crippen LogP contribution in [0, 0.1) is 5.82 Å². The van der Waals surface area contributed by atoms with Gasteiger partial charge in [-0.25, -0.2) is 4.39 Å². The molecule has 23 heavy (non-hydrogen) atoms. The van der Waals surface area contributed by atoms with Crippen molar-refractivity contribution >= 4 is 35.0 Å². The Labute approximate surface area is 135 Å². The zero-order valence-electron chi connectivity index (χ0n) is 11.7. The number of imide groups is 1. The number of carbonyl (C=O) groups is 3. The van der Waals surface area contributed by atoms with E-state index in [9.17, 15) is 18.8 Å². The van der Waals surface area contributed by atoms with Gasteiger partial charge in [-0.2, -0.15) is 0 Å². The Morgan fingerprint density at radius 2 is 1.70 bits per heavy atom. The van der Waals surface area contributed by atoms with Gasteiger partial charge in [0.15, 0.2) is 0 Å². The molecule has 0 saturated heterocycles. The van der Waals surface area contributed by atoms with E-state index in [1.54, 1.807) is 12.1 Å². The summed E-state index contributed by atoms with van der Waals surface area (Å²) in [6, 6.07) is 10.1. The fourth-order valence-electron chi connectivity index (χ4n) is 2.30. The van der Waals surface area contributed by atoms with Crippen molar-refractivity contribution in [1.29, 1.82) is 0 Å². The lowest BCUT2D eigenvalue weighted by atomic mass is 10.1. The summed E-state index contributed by atoms with van der Waals surface area (Å²) in [7, 11) is 0. The minimum absolute atomic E-state index is 0.136. The van der Waals surface area contributed by atoms with Crippen LogP contribution in [0.25, 0.3) is 0 Å². The van der Waals surface area contributed by atoms with Crippen LogP contribution in [0.3, 0.4) is 0 Å². The number of halogens is 2. The molecule has 0 unspecified atom stereocenters. The fraction of sp³-hybridized carbons (Fsp3) is 0.0625. The summed E-state index contributed by atoms with van der Waals surface area (Å²) in [6.45, 7) is -0.429. The molecule has 7 heteroatoms. The molecule has 0 bridgehead atoms. The minimum Gasteiger partial charge on any atom is -0.324 e. The molecule has 0 radical (unpaired) electrons. The number of rotatable bonds is 3. The Morgan fingerprint density at radius 1 is 1.09 bits per heavy atom. The summed E-state index contributed by atoms with van der Waals surface area (Å²) in [5.74, 6) is -2.22. The molecule has 5 nitrogen and oxygen atoms in total. The fourth-order valence-corrected chi connectivity index (χ4v) is 2.48. The number of amides is 3. The van der Waals surface area contributed by atoms with Crippen molar-refractivity contribution in [3.63, 3.8) is 0 Å². The second-order valence-electron chi connectivity index (χ2n) is 4.92. The number of hydrogen-bond donors (Lipinski definition) is 1. The minimum atomic E-state index is -0.606. The number of benzene rings is 2. The lowest BCUT2D eigenvalue weighted by Crippen LogP contribution is -2.37.